The van der Waals surface area contributed by atoms with Crippen LogP contribution in [0.2, 0.25) is 0 Å². The first-order chi connectivity index (χ1) is 5.01. The van der Waals surface area contributed by atoms with Crippen molar-refractivity contribution in [2.45, 2.75) is 38.7 Å². The third-order valence-corrected chi connectivity index (χ3v) is 3.46. The number of halogens is 2. The third kappa shape index (κ3) is 0.675. The molecule has 3 rings (SSSR count). The molecule has 1 unspecified atom stereocenters. The summed E-state index contributed by atoms with van der Waals surface area (Å²) in [5.74, 6) is 0. The summed E-state index contributed by atoms with van der Waals surface area (Å²) in [4.78, 5) is 0. The van der Waals surface area contributed by atoms with Gasteiger partial charge in [0.15, 0.2) is 0 Å². The van der Waals surface area contributed by atoms with E-state index < -0.39 is 17.9 Å². The van der Waals surface area contributed by atoms with Gasteiger partial charge in [0, 0.05) is 5.41 Å². The van der Waals surface area contributed by atoms with E-state index in [0.717, 1.165) is 0 Å². The smallest absolute Gasteiger partial charge is 0.244 e. The summed E-state index contributed by atoms with van der Waals surface area (Å²) in [6, 6.07) is 0. The fourth-order valence-corrected chi connectivity index (χ4v) is 2.62. The molecule has 64 valence electrons. The molecule has 1 N–H and O–H groups in total. The summed E-state index contributed by atoms with van der Waals surface area (Å²) in [6.45, 7) is 1.70. The summed E-state index contributed by atoms with van der Waals surface area (Å²) < 4.78 is 24.5. The maximum atomic E-state index is 12.3. The molecule has 3 aliphatic carbocycles. The maximum absolute atomic E-state index is 12.3. The van der Waals surface area contributed by atoms with Crippen molar-refractivity contribution >= 4 is 0 Å². The first kappa shape index (κ1) is 7.47. The van der Waals surface area contributed by atoms with E-state index in [4.69, 9.17) is 0 Å². The first-order valence-electron chi connectivity index (χ1n) is 3.97. The summed E-state index contributed by atoms with van der Waals surface area (Å²) in [5, 5.41) is 9.22. The lowest BCUT2D eigenvalue weighted by Gasteiger charge is -2.71. The lowest BCUT2D eigenvalue weighted by atomic mass is 9.34. The molecule has 1 atom stereocenters. The molecule has 1 nitrogen and oxygen atoms in total. The highest BCUT2D eigenvalue weighted by molar-refractivity contribution is 5.19. The Morgan fingerprint density at radius 1 is 1.18 bits per heavy atom. The number of hydrogen-bond donors (Lipinski definition) is 1. The molecule has 3 heteroatoms. The average molecular weight is 162 g/mol. The van der Waals surface area contributed by atoms with Crippen molar-refractivity contribution < 1.29 is 13.9 Å². The van der Waals surface area contributed by atoms with Gasteiger partial charge in [0.25, 0.3) is 0 Å². The molecule has 11 heavy (non-hydrogen) atoms. The van der Waals surface area contributed by atoms with E-state index in [-0.39, 0.29) is 5.41 Å². The van der Waals surface area contributed by atoms with Crippen molar-refractivity contribution in [3.8, 4) is 0 Å². The van der Waals surface area contributed by atoms with Gasteiger partial charge in [-0.2, -0.15) is 0 Å². The van der Waals surface area contributed by atoms with E-state index in [1.807, 2.05) is 0 Å². The fraction of sp³-hybridized carbons (Fsp3) is 1.00. The Morgan fingerprint density at radius 3 is 1.91 bits per heavy atom. The minimum atomic E-state index is -2.18. The van der Waals surface area contributed by atoms with E-state index in [2.05, 4.69) is 0 Å². The van der Waals surface area contributed by atoms with Crippen LogP contribution in [0.3, 0.4) is 0 Å². The predicted octanol–water partition coefficient (Wildman–Crippen LogP) is 1.80. The van der Waals surface area contributed by atoms with Crippen molar-refractivity contribution in [2.24, 2.45) is 10.8 Å². The quantitative estimate of drug-likeness (QED) is 0.656. The van der Waals surface area contributed by atoms with Gasteiger partial charge in [0.05, 0.1) is 6.10 Å². The summed E-state index contributed by atoms with van der Waals surface area (Å²) in [5.41, 5.74) is -0.798. The van der Waals surface area contributed by atoms with Crippen LogP contribution in [0.1, 0.15) is 26.2 Å². The van der Waals surface area contributed by atoms with Crippen LogP contribution in [-0.4, -0.2) is 17.6 Å². The Balaban J connectivity index is 1.99. The van der Waals surface area contributed by atoms with Gasteiger partial charge in [-0.1, -0.05) is 0 Å². The van der Waals surface area contributed by atoms with Gasteiger partial charge >= 0.3 is 0 Å². The molecular formula is C8H12F2O. The second-order valence-electron chi connectivity index (χ2n) is 4.23. The zero-order valence-corrected chi connectivity index (χ0v) is 6.48. The van der Waals surface area contributed by atoms with Crippen molar-refractivity contribution in [3.05, 3.63) is 0 Å². The summed E-state index contributed by atoms with van der Waals surface area (Å²) in [6.07, 6.45) is -0.966. The van der Waals surface area contributed by atoms with Crippen LogP contribution >= 0.6 is 0 Å². The normalized spacial score (nSPS) is 49.9. The Labute approximate surface area is 64.4 Å². The molecule has 0 saturated heterocycles. The molecule has 2 bridgehead atoms. The highest BCUT2D eigenvalue weighted by Gasteiger charge is 2.73. The standard InChI is InChI=1S/C8H12F2O/c1-5(11)7-2-8(3-7,4-7)6(9)10/h5-6,11H,2-4H2,1H3. The van der Waals surface area contributed by atoms with Gasteiger partial charge in [-0.15, -0.1) is 0 Å². The Morgan fingerprint density at radius 2 is 1.64 bits per heavy atom. The van der Waals surface area contributed by atoms with Crippen molar-refractivity contribution in [1.29, 1.82) is 0 Å². The highest BCUT2D eigenvalue weighted by Crippen LogP contribution is 2.76. The molecule has 0 heterocycles. The molecule has 0 aliphatic heterocycles. The van der Waals surface area contributed by atoms with E-state index in [9.17, 15) is 13.9 Å². The first-order valence-corrected chi connectivity index (χ1v) is 3.97. The SMILES string of the molecule is CC(O)C12CC(C(F)F)(C1)C2. The lowest BCUT2D eigenvalue weighted by molar-refractivity contribution is -0.298. The number of aliphatic hydroxyl groups excluding tert-OH is 1. The van der Waals surface area contributed by atoms with Gasteiger partial charge in [0.1, 0.15) is 0 Å². The molecule has 0 amide bonds. The predicted molar refractivity (Wildman–Crippen MR) is 36.4 cm³/mol. The van der Waals surface area contributed by atoms with Gasteiger partial charge in [-0.3, -0.25) is 0 Å². The topological polar surface area (TPSA) is 20.2 Å². The van der Waals surface area contributed by atoms with Crippen LogP contribution in [0.25, 0.3) is 0 Å². The monoisotopic (exact) mass is 162 g/mol. The van der Waals surface area contributed by atoms with Gasteiger partial charge in [-0.05, 0) is 31.6 Å². The maximum Gasteiger partial charge on any atom is 0.244 e. The number of aliphatic hydroxyl groups is 1. The van der Waals surface area contributed by atoms with Crippen LogP contribution in [0, 0.1) is 10.8 Å². The molecule has 0 spiro atoms. The van der Waals surface area contributed by atoms with Crippen molar-refractivity contribution in [1.82, 2.24) is 0 Å². The zero-order chi connectivity index (χ0) is 8.28. The molecule has 3 aliphatic rings. The average Bonchev–Trinajstić information content (AvgIpc) is 1.51. The van der Waals surface area contributed by atoms with Crippen LogP contribution < -0.4 is 0 Å². The summed E-state index contributed by atoms with van der Waals surface area (Å²) >= 11 is 0. The van der Waals surface area contributed by atoms with Gasteiger partial charge < -0.3 is 5.11 Å². The lowest BCUT2D eigenvalue weighted by Crippen LogP contribution is -2.68. The van der Waals surface area contributed by atoms with Crippen molar-refractivity contribution in [3.63, 3.8) is 0 Å². The summed E-state index contributed by atoms with van der Waals surface area (Å²) in [7, 11) is 0. The van der Waals surface area contributed by atoms with E-state index in [0.29, 0.717) is 19.3 Å². The molecule has 0 aromatic heterocycles. The minimum absolute atomic E-state index is 0.115. The molecule has 3 saturated carbocycles. The van der Waals surface area contributed by atoms with Crippen LogP contribution in [-0.2, 0) is 0 Å². The van der Waals surface area contributed by atoms with Gasteiger partial charge in [-0.25, -0.2) is 8.78 Å². The highest BCUT2D eigenvalue weighted by atomic mass is 19.3. The van der Waals surface area contributed by atoms with E-state index >= 15 is 0 Å². The molecular weight excluding hydrogens is 150 g/mol. The Bertz CT molecular complexity index is 151. The van der Waals surface area contributed by atoms with Crippen LogP contribution in [0.15, 0.2) is 0 Å². The van der Waals surface area contributed by atoms with E-state index in [1.54, 1.807) is 6.92 Å². The van der Waals surface area contributed by atoms with E-state index in [1.165, 1.54) is 0 Å². The van der Waals surface area contributed by atoms with Gasteiger partial charge in [0.2, 0.25) is 6.43 Å². The zero-order valence-electron chi connectivity index (χ0n) is 6.48. The largest absolute Gasteiger partial charge is 0.393 e. The fourth-order valence-electron chi connectivity index (χ4n) is 2.62. The Kier molecular flexibility index (Phi) is 1.20. The Hall–Kier alpha value is -0.180. The number of hydrogen-bond acceptors (Lipinski definition) is 1. The van der Waals surface area contributed by atoms with Crippen LogP contribution in [0.4, 0.5) is 8.78 Å². The second-order valence-corrected chi connectivity index (χ2v) is 4.23. The molecule has 0 aromatic carbocycles. The number of rotatable bonds is 2. The second kappa shape index (κ2) is 1.76. The minimum Gasteiger partial charge on any atom is -0.393 e. The molecule has 3 fully saturated rings. The third-order valence-electron chi connectivity index (χ3n) is 3.46. The molecule has 0 aromatic rings. The van der Waals surface area contributed by atoms with Crippen molar-refractivity contribution in [2.75, 3.05) is 0 Å². The number of alkyl halides is 2. The molecule has 0 radical (unpaired) electrons. The van der Waals surface area contributed by atoms with Crippen LogP contribution in [0.5, 0.6) is 0 Å².